The summed E-state index contributed by atoms with van der Waals surface area (Å²) in [4.78, 5) is 29.8. The van der Waals surface area contributed by atoms with Gasteiger partial charge < -0.3 is 10.2 Å². The summed E-state index contributed by atoms with van der Waals surface area (Å²) >= 11 is 6.27. The molecule has 0 spiro atoms. The van der Waals surface area contributed by atoms with E-state index >= 15 is 0 Å². The summed E-state index contributed by atoms with van der Waals surface area (Å²) in [6.45, 7) is 2.51. The lowest BCUT2D eigenvalue weighted by Gasteiger charge is -2.18. The molecule has 1 aromatic carbocycles. The first kappa shape index (κ1) is 15.5. The van der Waals surface area contributed by atoms with Crippen molar-refractivity contribution in [1.82, 2.24) is 4.98 Å². The second kappa shape index (κ2) is 6.38. The van der Waals surface area contributed by atoms with Gasteiger partial charge in [-0.2, -0.15) is 0 Å². The van der Waals surface area contributed by atoms with Crippen molar-refractivity contribution >= 4 is 34.8 Å². The SMILES string of the molecule is Cc1cccc(C(=O)Nc2ccc(N3CCCC3=O)c(Cl)c2)n1. The minimum absolute atomic E-state index is 0.0765. The summed E-state index contributed by atoms with van der Waals surface area (Å²) in [5.74, 6) is -0.220. The second-order valence-electron chi connectivity index (χ2n) is 5.43. The summed E-state index contributed by atoms with van der Waals surface area (Å²) < 4.78 is 0. The van der Waals surface area contributed by atoms with Gasteiger partial charge in [0.2, 0.25) is 5.91 Å². The summed E-state index contributed by atoms with van der Waals surface area (Å²) in [5, 5.41) is 3.21. The van der Waals surface area contributed by atoms with Crippen LogP contribution in [0.3, 0.4) is 0 Å². The van der Waals surface area contributed by atoms with Crippen LogP contribution in [-0.2, 0) is 4.79 Å². The van der Waals surface area contributed by atoms with Crippen LogP contribution in [0.2, 0.25) is 5.02 Å². The molecule has 0 bridgehead atoms. The van der Waals surface area contributed by atoms with Gasteiger partial charge in [-0.3, -0.25) is 9.59 Å². The monoisotopic (exact) mass is 329 g/mol. The number of benzene rings is 1. The second-order valence-corrected chi connectivity index (χ2v) is 5.84. The molecular formula is C17H16ClN3O2. The van der Waals surface area contributed by atoms with Crippen molar-refractivity contribution < 1.29 is 9.59 Å². The van der Waals surface area contributed by atoms with E-state index in [1.807, 2.05) is 13.0 Å². The first-order valence-electron chi connectivity index (χ1n) is 7.39. The van der Waals surface area contributed by atoms with Crippen molar-refractivity contribution in [3.05, 3.63) is 52.8 Å². The van der Waals surface area contributed by atoms with Gasteiger partial charge in [0.1, 0.15) is 5.69 Å². The van der Waals surface area contributed by atoms with Crippen molar-refractivity contribution in [1.29, 1.82) is 0 Å². The van der Waals surface area contributed by atoms with Crippen molar-refractivity contribution in [2.45, 2.75) is 19.8 Å². The molecule has 0 unspecified atom stereocenters. The van der Waals surface area contributed by atoms with E-state index in [9.17, 15) is 9.59 Å². The normalized spacial score (nSPS) is 14.2. The fourth-order valence-corrected chi connectivity index (χ4v) is 2.85. The molecule has 23 heavy (non-hydrogen) atoms. The Labute approximate surface area is 139 Å². The zero-order valence-electron chi connectivity index (χ0n) is 12.7. The Morgan fingerprint density at radius 3 is 2.78 bits per heavy atom. The van der Waals surface area contributed by atoms with Gasteiger partial charge in [-0.25, -0.2) is 4.98 Å². The first-order chi connectivity index (χ1) is 11.0. The highest BCUT2D eigenvalue weighted by molar-refractivity contribution is 6.34. The number of aryl methyl sites for hydroxylation is 1. The predicted octanol–water partition coefficient (Wildman–Crippen LogP) is 3.42. The molecule has 118 valence electrons. The Bertz CT molecular complexity index is 776. The van der Waals surface area contributed by atoms with Crippen LogP contribution in [0.1, 0.15) is 29.0 Å². The van der Waals surface area contributed by atoms with E-state index in [0.29, 0.717) is 35.1 Å². The van der Waals surface area contributed by atoms with Gasteiger partial charge in [-0.1, -0.05) is 17.7 Å². The molecule has 1 fully saturated rings. The lowest BCUT2D eigenvalue weighted by molar-refractivity contribution is -0.117. The number of carbonyl (C=O) groups excluding carboxylic acids is 2. The Balaban J connectivity index is 1.78. The van der Waals surface area contributed by atoms with Crippen molar-refractivity contribution in [3.8, 4) is 0 Å². The maximum atomic E-state index is 12.2. The zero-order chi connectivity index (χ0) is 16.4. The molecule has 2 aromatic rings. The summed E-state index contributed by atoms with van der Waals surface area (Å²) in [6, 6.07) is 10.4. The van der Waals surface area contributed by atoms with E-state index < -0.39 is 0 Å². The molecule has 1 saturated heterocycles. The van der Waals surface area contributed by atoms with Crippen molar-refractivity contribution in [2.75, 3.05) is 16.8 Å². The minimum Gasteiger partial charge on any atom is -0.321 e. The Morgan fingerprint density at radius 1 is 1.30 bits per heavy atom. The highest BCUT2D eigenvalue weighted by atomic mass is 35.5. The van der Waals surface area contributed by atoms with Crippen LogP contribution >= 0.6 is 11.6 Å². The highest BCUT2D eigenvalue weighted by Gasteiger charge is 2.23. The maximum Gasteiger partial charge on any atom is 0.274 e. The molecule has 1 aromatic heterocycles. The zero-order valence-corrected chi connectivity index (χ0v) is 13.4. The number of nitrogens with zero attached hydrogens (tertiary/aromatic N) is 2. The third kappa shape index (κ3) is 3.35. The molecule has 1 N–H and O–H groups in total. The molecule has 0 atom stereocenters. The number of carbonyl (C=O) groups is 2. The predicted molar refractivity (Wildman–Crippen MR) is 90.0 cm³/mol. The number of hydrogen-bond donors (Lipinski definition) is 1. The van der Waals surface area contributed by atoms with Gasteiger partial charge in [0, 0.05) is 24.3 Å². The first-order valence-corrected chi connectivity index (χ1v) is 7.77. The minimum atomic E-state index is -0.297. The van der Waals surface area contributed by atoms with Crippen LogP contribution in [-0.4, -0.2) is 23.3 Å². The molecule has 2 amide bonds. The summed E-state index contributed by atoms with van der Waals surface area (Å²) in [5.41, 5.74) is 2.37. The molecule has 3 rings (SSSR count). The Hall–Kier alpha value is -2.40. The third-order valence-electron chi connectivity index (χ3n) is 3.69. The Morgan fingerprint density at radius 2 is 2.13 bits per heavy atom. The van der Waals surface area contributed by atoms with E-state index in [1.165, 1.54) is 0 Å². The van der Waals surface area contributed by atoms with Crippen LogP contribution < -0.4 is 10.2 Å². The highest BCUT2D eigenvalue weighted by Crippen LogP contribution is 2.31. The largest absolute Gasteiger partial charge is 0.321 e. The molecule has 1 aliphatic heterocycles. The lowest BCUT2D eigenvalue weighted by atomic mass is 10.2. The van der Waals surface area contributed by atoms with Crippen molar-refractivity contribution in [3.63, 3.8) is 0 Å². The topological polar surface area (TPSA) is 62.3 Å². The lowest BCUT2D eigenvalue weighted by Crippen LogP contribution is -2.24. The molecule has 2 heterocycles. The van der Waals surface area contributed by atoms with E-state index in [0.717, 1.165) is 12.1 Å². The number of anilines is 2. The Kier molecular flexibility index (Phi) is 4.30. The van der Waals surface area contributed by atoms with Gasteiger partial charge in [0.25, 0.3) is 5.91 Å². The number of amides is 2. The number of aromatic nitrogens is 1. The number of halogens is 1. The van der Waals surface area contributed by atoms with Crippen LogP contribution in [0.25, 0.3) is 0 Å². The average molecular weight is 330 g/mol. The summed E-state index contributed by atoms with van der Waals surface area (Å²) in [6.07, 6.45) is 1.39. The molecule has 5 nitrogen and oxygen atoms in total. The van der Waals surface area contributed by atoms with Gasteiger partial charge >= 0.3 is 0 Å². The van der Waals surface area contributed by atoms with Gasteiger partial charge in [0.05, 0.1) is 10.7 Å². The van der Waals surface area contributed by atoms with Crippen LogP contribution in [0.4, 0.5) is 11.4 Å². The van der Waals surface area contributed by atoms with Gasteiger partial charge in [-0.15, -0.1) is 0 Å². The standard InChI is InChI=1S/C17H16ClN3O2/c1-11-4-2-5-14(19-11)17(23)20-12-7-8-15(13(18)10-12)21-9-3-6-16(21)22/h2,4-5,7-8,10H,3,6,9H2,1H3,(H,20,23). The molecule has 0 aliphatic carbocycles. The number of hydrogen-bond acceptors (Lipinski definition) is 3. The van der Waals surface area contributed by atoms with E-state index in [2.05, 4.69) is 10.3 Å². The quantitative estimate of drug-likeness (QED) is 0.938. The molecular weight excluding hydrogens is 314 g/mol. The van der Waals surface area contributed by atoms with Crippen LogP contribution in [0.5, 0.6) is 0 Å². The van der Waals surface area contributed by atoms with Crippen LogP contribution in [0, 0.1) is 6.92 Å². The number of rotatable bonds is 3. The molecule has 6 heteroatoms. The average Bonchev–Trinajstić information content (AvgIpc) is 2.93. The number of nitrogens with one attached hydrogen (secondary N) is 1. The summed E-state index contributed by atoms with van der Waals surface area (Å²) in [7, 11) is 0. The van der Waals surface area contributed by atoms with E-state index in [-0.39, 0.29) is 11.8 Å². The number of pyridine rings is 1. The fraction of sp³-hybridized carbons (Fsp3) is 0.235. The van der Waals surface area contributed by atoms with Gasteiger partial charge in [0.15, 0.2) is 0 Å². The maximum absolute atomic E-state index is 12.2. The molecule has 0 radical (unpaired) electrons. The van der Waals surface area contributed by atoms with E-state index in [4.69, 9.17) is 11.6 Å². The van der Waals surface area contributed by atoms with Gasteiger partial charge in [-0.05, 0) is 43.7 Å². The van der Waals surface area contributed by atoms with Crippen LogP contribution in [0.15, 0.2) is 36.4 Å². The third-order valence-corrected chi connectivity index (χ3v) is 3.99. The molecule has 0 saturated carbocycles. The van der Waals surface area contributed by atoms with Crippen molar-refractivity contribution in [2.24, 2.45) is 0 Å². The fourth-order valence-electron chi connectivity index (χ4n) is 2.57. The van der Waals surface area contributed by atoms with E-state index in [1.54, 1.807) is 35.2 Å². The smallest absolute Gasteiger partial charge is 0.274 e. The molecule has 1 aliphatic rings.